The van der Waals surface area contributed by atoms with E-state index < -0.39 is 22.6 Å². The summed E-state index contributed by atoms with van der Waals surface area (Å²) in [6, 6.07) is 8.93. The minimum Gasteiger partial charge on any atom is -0.325 e. The van der Waals surface area contributed by atoms with E-state index >= 15 is 0 Å². The van der Waals surface area contributed by atoms with Gasteiger partial charge in [0.15, 0.2) is 0 Å². The average Bonchev–Trinajstić information content (AvgIpc) is 2.59. The van der Waals surface area contributed by atoms with Crippen molar-refractivity contribution in [1.29, 1.82) is 0 Å². The minimum absolute atomic E-state index is 0.0117. The van der Waals surface area contributed by atoms with Crippen molar-refractivity contribution in [1.82, 2.24) is 0 Å². The van der Waals surface area contributed by atoms with Gasteiger partial charge in [-0.1, -0.05) is 6.07 Å². The van der Waals surface area contributed by atoms with Crippen molar-refractivity contribution in [2.75, 3.05) is 17.3 Å². The van der Waals surface area contributed by atoms with Gasteiger partial charge in [-0.15, -0.1) is 23.5 Å². The van der Waals surface area contributed by atoms with Crippen molar-refractivity contribution in [3.63, 3.8) is 0 Å². The second kappa shape index (κ2) is 8.45. The zero-order valence-electron chi connectivity index (χ0n) is 13.4. The first-order valence-corrected chi connectivity index (χ1v) is 9.34. The van der Waals surface area contributed by atoms with E-state index in [4.69, 9.17) is 0 Å². The molecule has 0 heterocycles. The Morgan fingerprint density at radius 3 is 2.58 bits per heavy atom. The topological polar surface area (TPSA) is 72.2 Å². The fourth-order valence-electron chi connectivity index (χ4n) is 2.00. The highest BCUT2D eigenvalue weighted by atomic mass is 32.2. The van der Waals surface area contributed by atoms with Gasteiger partial charge < -0.3 is 5.32 Å². The first-order valence-electron chi connectivity index (χ1n) is 7.13. The molecule has 0 saturated heterocycles. The van der Waals surface area contributed by atoms with Crippen LogP contribution in [0.2, 0.25) is 0 Å². The third-order valence-corrected chi connectivity index (χ3v) is 4.98. The van der Waals surface area contributed by atoms with Crippen LogP contribution in [0.3, 0.4) is 0 Å². The largest absolute Gasteiger partial charge is 0.416 e. The Labute approximate surface area is 155 Å². The standard InChI is InChI=1S/C16H13F3N2O3S2/c1-25-12-5-6-14(13(8-12)21(23)24)26-9-15(22)20-11-4-2-3-10(7-11)16(17,18)19/h2-8H,9H2,1H3,(H,20,22). The smallest absolute Gasteiger partial charge is 0.325 e. The van der Waals surface area contributed by atoms with Crippen LogP contribution in [0.1, 0.15) is 5.56 Å². The van der Waals surface area contributed by atoms with Crippen LogP contribution in [0, 0.1) is 10.1 Å². The molecule has 2 aromatic rings. The van der Waals surface area contributed by atoms with E-state index in [-0.39, 0.29) is 17.1 Å². The molecule has 0 aliphatic heterocycles. The number of nitrogens with one attached hydrogen (secondary N) is 1. The molecule has 0 bridgehead atoms. The Hall–Kier alpha value is -2.20. The highest BCUT2D eigenvalue weighted by Crippen LogP contribution is 2.33. The van der Waals surface area contributed by atoms with Gasteiger partial charge in [0.2, 0.25) is 5.91 Å². The molecule has 0 aliphatic carbocycles. The quantitative estimate of drug-likeness (QED) is 0.415. The number of halogens is 3. The first-order chi connectivity index (χ1) is 12.2. The van der Waals surface area contributed by atoms with Crippen LogP contribution in [0.25, 0.3) is 0 Å². The predicted molar refractivity (Wildman–Crippen MR) is 95.7 cm³/mol. The molecule has 10 heteroatoms. The minimum atomic E-state index is -4.50. The summed E-state index contributed by atoms with van der Waals surface area (Å²) in [6.07, 6.45) is -2.72. The van der Waals surface area contributed by atoms with Gasteiger partial charge in [0, 0.05) is 16.6 Å². The van der Waals surface area contributed by atoms with Crippen LogP contribution >= 0.6 is 23.5 Å². The highest BCUT2D eigenvalue weighted by Gasteiger charge is 2.30. The molecular weight excluding hydrogens is 389 g/mol. The molecule has 0 atom stereocenters. The number of rotatable bonds is 6. The molecule has 5 nitrogen and oxygen atoms in total. The fraction of sp³-hybridized carbons (Fsp3) is 0.188. The summed E-state index contributed by atoms with van der Waals surface area (Å²) in [5, 5.41) is 13.5. The number of alkyl halides is 3. The van der Waals surface area contributed by atoms with Crippen LogP contribution < -0.4 is 5.32 Å². The number of hydrogen-bond donors (Lipinski definition) is 1. The van der Waals surface area contributed by atoms with Crippen molar-refractivity contribution >= 4 is 40.8 Å². The summed E-state index contributed by atoms with van der Waals surface area (Å²) in [4.78, 5) is 23.6. The van der Waals surface area contributed by atoms with Crippen molar-refractivity contribution < 1.29 is 22.9 Å². The SMILES string of the molecule is CSc1ccc(SCC(=O)Nc2cccc(C(F)(F)F)c2)c([N+](=O)[O-])c1. The van der Waals surface area contributed by atoms with Crippen molar-refractivity contribution in [3.05, 3.63) is 58.1 Å². The molecule has 0 saturated carbocycles. The van der Waals surface area contributed by atoms with Gasteiger partial charge in [0.05, 0.1) is 21.1 Å². The lowest BCUT2D eigenvalue weighted by atomic mass is 10.2. The van der Waals surface area contributed by atoms with Crippen LogP contribution in [-0.4, -0.2) is 22.8 Å². The maximum atomic E-state index is 12.7. The third kappa shape index (κ3) is 5.40. The number of carbonyl (C=O) groups is 1. The Morgan fingerprint density at radius 1 is 1.23 bits per heavy atom. The Morgan fingerprint density at radius 2 is 1.96 bits per heavy atom. The average molecular weight is 402 g/mol. The maximum absolute atomic E-state index is 12.7. The second-order valence-electron chi connectivity index (χ2n) is 5.01. The molecule has 0 aromatic heterocycles. The molecule has 2 rings (SSSR count). The number of nitrogens with zero attached hydrogens (tertiary/aromatic N) is 1. The summed E-state index contributed by atoms with van der Waals surface area (Å²) in [5.41, 5.74) is -0.974. The molecule has 2 aromatic carbocycles. The summed E-state index contributed by atoms with van der Waals surface area (Å²) >= 11 is 2.30. The van der Waals surface area contributed by atoms with Gasteiger partial charge in [-0.05, 0) is 36.6 Å². The predicted octanol–water partition coefficient (Wildman–Crippen LogP) is 5.07. The Kier molecular flexibility index (Phi) is 6.54. The van der Waals surface area contributed by atoms with Gasteiger partial charge >= 0.3 is 6.18 Å². The van der Waals surface area contributed by atoms with E-state index in [0.717, 1.165) is 28.8 Å². The van der Waals surface area contributed by atoms with Crippen LogP contribution in [0.5, 0.6) is 0 Å². The summed E-state index contributed by atoms with van der Waals surface area (Å²) in [7, 11) is 0. The highest BCUT2D eigenvalue weighted by molar-refractivity contribution is 8.00. The molecule has 1 amide bonds. The zero-order valence-corrected chi connectivity index (χ0v) is 15.0. The van der Waals surface area contributed by atoms with Gasteiger partial charge in [0.1, 0.15) is 0 Å². The Bertz CT molecular complexity index is 829. The van der Waals surface area contributed by atoms with Gasteiger partial charge in [-0.3, -0.25) is 14.9 Å². The normalized spacial score (nSPS) is 11.2. The maximum Gasteiger partial charge on any atom is 0.416 e. The first kappa shape index (κ1) is 20.1. The molecule has 138 valence electrons. The number of thioether (sulfide) groups is 2. The monoisotopic (exact) mass is 402 g/mol. The number of anilines is 1. The van der Waals surface area contributed by atoms with Gasteiger partial charge in [-0.2, -0.15) is 13.2 Å². The lowest BCUT2D eigenvalue weighted by Crippen LogP contribution is -2.15. The summed E-state index contributed by atoms with van der Waals surface area (Å²) in [5.74, 6) is -0.729. The van der Waals surface area contributed by atoms with Gasteiger partial charge in [0.25, 0.3) is 5.69 Å². The van der Waals surface area contributed by atoms with E-state index in [1.54, 1.807) is 18.4 Å². The fourth-order valence-corrected chi connectivity index (χ4v) is 3.24. The molecule has 26 heavy (non-hydrogen) atoms. The van der Waals surface area contributed by atoms with Crippen molar-refractivity contribution in [2.24, 2.45) is 0 Å². The Balaban J connectivity index is 2.05. The lowest BCUT2D eigenvalue weighted by Gasteiger charge is -2.10. The van der Waals surface area contributed by atoms with E-state index in [0.29, 0.717) is 4.90 Å². The number of amides is 1. The number of benzene rings is 2. The molecular formula is C16H13F3N2O3S2. The summed E-state index contributed by atoms with van der Waals surface area (Å²) in [6.45, 7) is 0. The molecule has 0 unspecified atom stereocenters. The van der Waals surface area contributed by atoms with Crippen LogP contribution in [-0.2, 0) is 11.0 Å². The van der Waals surface area contributed by atoms with E-state index in [1.807, 2.05) is 0 Å². The number of hydrogen-bond acceptors (Lipinski definition) is 5. The van der Waals surface area contributed by atoms with E-state index in [1.165, 1.54) is 30.0 Å². The molecule has 1 N–H and O–H groups in total. The lowest BCUT2D eigenvalue weighted by molar-refractivity contribution is -0.387. The van der Waals surface area contributed by atoms with E-state index in [9.17, 15) is 28.1 Å². The summed E-state index contributed by atoms with van der Waals surface area (Å²) < 4.78 is 38.0. The number of nitro groups is 1. The molecule has 0 fully saturated rings. The molecule has 0 aliphatic rings. The van der Waals surface area contributed by atoms with E-state index in [2.05, 4.69) is 5.32 Å². The molecule has 0 radical (unpaired) electrons. The number of nitro benzene ring substituents is 1. The van der Waals surface area contributed by atoms with Crippen molar-refractivity contribution in [2.45, 2.75) is 16.0 Å². The number of carbonyl (C=O) groups excluding carboxylic acids is 1. The van der Waals surface area contributed by atoms with Crippen LogP contribution in [0.4, 0.5) is 24.5 Å². The third-order valence-electron chi connectivity index (χ3n) is 3.20. The zero-order chi connectivity index (χ0) is 19.3. The second-order valence-corrected chi connectivity index (χ2v) is 6.90. The van der Waals surface area contributed by atoms with Crippen molar-refractivity contribution in [3.8, 4) is 0 Å². The molecule has 0 spiro atoms. The van der Waals surface area contributed by atoms with Crippen LogP contribution in [0.15, 0.2) is 52.3 Å². The van der Waals surface area contributed by atoms with Gasteiger partial charge in [-0.25, -0.2) is 0 Å².